The second-order valence-corrected chi connectivity index (χ2v) is 5.99. The third kappa shape index (κ3) is 5.22. The molecule has 0 saturated heterocycles. The van der Waals surface area contributed by atoms with E-state index < -0.39 is 17.9 Å². The Hall–Kier alpha value is -3.54. The van der Waals surface area contributed by atoms with Gasteiger partial charge in [0.05, 0.1) is 0 Å². The van der Waals surface area contributed by atoms with E-state index in [9.17, 15) is 9.59 Å². The van der Waals surface area contributed by atoms with Gasteiger partial charge in [0.1, 0.15) is 24.2 Å². The van der Waals surface area contributed by atoms with Crippen LogP contribution in [0.2, 0.25) is 0 Å². The molecule has 2 aromatic carbocycles. The van der Waals surface area contributed by atoms with Crippen molar-refractivity contribution >= 4 is 11.8 Å². The fourth-order valence-corrected chi connectivity index (χ4v) is 2.55. The van der Waals surface area contributed by atoms with E-state index in [1.54, 1.807) is 12.1 Å². The Kier molecular flexibility index (Phi) is 5.89. The van der Waals surface area contributed by atoms with Crippen LogP contribution >= 0.6 is 0 Å². The summed E-state index contributed by atoms with van der Waals surface area (Å²) in [7, 11) is 0. The molecule has 0 aliphatic rings. The van der Waals surface area contributed by atoms with E-state index in [0.717, 1.165) is 5.56 Å². The number of rotatable bonds is 8. The molecular formula is C21H20N2O4. The lowest BCUT2D eigenvalue weighted by molar-refractivity contribution is -0.119. The molecule has 3 N–H and O–H groups in total. The molecule has 1 atom stereocenters. The molecule has 6 heteroatoms. The van der Waals surface area contributed by atoms with Gasteiger partial charge < -0.3 is 20.2 Å². The summed E-state index contributed by atoms with van der Waals surface area (Å²) < 4.78 is 11.1. The predicted molar refractivity (Wildman–Crippen MR) is 100 cm³/mol. The van der Waals surface area contributed by atoms with Gasteiger partial charge in [0.15, 0.2) is 5.76 Å². The smallest absolute Gasteiger partial charge is 0.287 e. The highest BCUT2D eigenvalue weighted by atomic mass is 16.5. The van der Waals surface area contributed by atoms with Crippen LogP contribution in [-0.2, 0) is 17.8 Å². The fourth-order valence-electron chi connectivity index (χ4n) is 2.55. The summed E-state index contributed by atoms with van der Waals surface area (Å²) in [6.07, 6.45) is 0.312. The highest BCUT2D eigenvalue weighted by molar-refractivity contribution is 5.95. The number of primary amides is 1. The van der Waals surface area contributed by atoms with Crippen LogP contribution in [0.3, 0.4) is 0 Å². The maximum absolute atomic E-state index is 12.4. The second-order valence-electron chi connectivity index (χ2n) is 5.99. The van der Waals surface area contributed by atoms with Gasteiger partial charge in [0.25, 0.3) is 5.91 Å². The number of benzene rings is 2. The standard InChI is InChI=1S/C21H20N2O4/c22-20(24)18(13-15-7-3-1-4-8-15)23-21(25)19-12-11-17(27-19)14-26-16-9-5-2-6-10-16/h1-12,18H,13-14H2,(H2,22,24)(H,23,25)/t18-/m1/s1. The lowest BCUT2D eigenvalue weighted by Crippen LogP contribution is -2.45. The monoisotopic (exact) mass is 364 g/mol. The maximum Gasteiger partial charge on any atom is 0.287 e. The molecule has 2 amide bonds. The molecule has 138 valence electrons. The van der Waals surface area contributed by atoms with Crippen molar-refractivity contribution in [2.24, 2.45) is 5.73 Å². The number of furan rings is 1. The van der Waals surface area contributed by atoms with E-state index in [2.05, 4.69) is 5.32 Å². The Morgan fingerprint density at radius 1 is 0.963 bits per heavy atom. The van der Waals surface area contributed by atoms with Crippen molar-refractivity contribution in [1.82, 2.24) is 5.32 Å². The van der Waals surface area contributed by atoms with Gasteiger partial charge in [-0.25, -0.2) is 0 Å². The summed E-state index contributed by atoms with van der Waals surface area (Å²) in [6, 6.07) is 21.0. The summed E-state index contributed by atoms with van der Waals surface area (Å²) in [5.74, 6) is 0.201. The lowest BCUT2D eigenvalue weighted by Gasteiger charge is -2.14. The molecule has 0 radical (unpaired) electrons. The number of carbonyl (C=O) groups is 2. The largest absolute Gasteiger partial charge is 0.486 e. The van der Waals surface area contributed by atoms with E-state index in [1.165, 1.54) is 0 Å². The molecule has 0 fully saturated rings. The Balaban J connectivity index is 1.59. The first kappa shape index (κ1) is 18.3. The maximum atomic E-state index is 12.4. The zero-order chi connectivity index (χ0) is 19.1. The van der Waals surface area contributed by atoms with Gasteiger partial charge in [0, 0.05) is 6.42 Å². The highest BCUT2D eigenvalue weighted by Gasteiger charge is 2.21. The minimum absolute atomic E-state index is 0.0981. The normalized spacial score (nSPS) is 11.6. The van der Waals surface area contributed by atoms with Gasteiger partial charge >= 0.3 is 0 Å². The van der Waals surface area contributed by atoms with E-state index in [0.29, 0.717) is 17.9 Å². The van der Waals surface area contributed by atoms with Crippen LogP contribution in [-0.4, -0.2) is 17.9 Å². The van der Waals surface area contributed by atoms with Crippen LogP contribution in [0.5, 0.6) is 5.75 Å². The van der Waals surface area contributed by atoms with Gasteiger partial charge in [-0.05, 0) is 29.8 Å². The first-order valence-electron chi connectivity index (χ1n) is 8.52. The topological polar surface area (TPSA) is 94.6 Å². The van der Waals surface area contributed by atoms with Crippen LogP contribution < -0.4 is 15.8 Å². The minimum Gasteiger partial charge on any atom is -0.486 e. The number of carbonyl (C=O) groups excluding carboxylic acids is 2. The third-order valence-corrected chi connectivity index (χ3v) is 3.94. The van der Waals surface area contributed by atoms with Gasteiger partial charge in [-0.1, -0.05) is 48.5 Å². The highest BCUT2D eigenvalue weighted by Crippen LogP contribution is 2.14. The average Bonchev–Trinajstić information content (AvgIpc) is 3.16. The van der Waals surface area contributed by atoms with Crippen molar-refractivity contribution in [3.05, 3.63) is 89.9 Å². The summed E-state index contributed by atoms with van der Waals surface area (Å²) in [5.41, 5.74) is 6.32. The van der Waals surface area contributed by atoms with E-state index in [4.69, 9.17) is 14.9 Å². The number of para-hydroxylation sites is 1. The van der Waals surface area contributed by atoms with Crippen molar-refractivity contribution in [2.45, 2.75) is 19.1 Å². The Bertz CT molecular complexity index is 891. The first-order valence-corrected chi connectivity index (χ1v) is 8.52. The van der Waals surface area contributed by atoms with Crippen molar-refractivity contribution in [3.8, 4) is 5.75 Å². The van der Waals surface area contributed by atoms with Crippen molar-refractivity contribution in [2.75, 3.05) is 0 Å². The number of hydrogen-bond donors (Lipinski definition) is 2. The third-order valence-electron chi connectivity index (χ3n) is 3.94. The quantitative estimate of drug-likeness (QED) is 0.642. The van der Waals surface area contributed by atoms with Crippen LogP contribution in [0.4, 0.5) is 0 Å². The van der Waals surface area contributed by atoms with E-state index in [-0.39, 0.29) is 12.4 Å². The Labute approximate surface area is 156 Å². The molecule has 1 aromatic heterocycles. The SMILES string of the molecule is NC(=O)[C@@H](Cc1ccccc1)NC(=O)c1ccc(COc2ccccc2)o1. The van der Waals surface area contributed by atoms with Gasteiger partial charge in [-0.2, -0.15) is 0 Å². The molecule has 0 spiro atoms. The average molecular weight is 364 g/mol. The number of nitrogens with one attached hydrogen (secondary N) is 1. The second kappa shape index (κ2) is 8.71. The molecule has 3 rings (SSSR count). The summed E-state index contributed by atoms with van der Waals surface area (Å²) >= 11 is 0. The molecule has 0 saturated carbocycles. The number of amides is 2. The van der Waals surface area contributed by atoms with Crippen molar-refractivity contribution in [3.63, 3.8) is 0 Å². The van der Waals surface area contributed by atoms with Crippen molar-refractivity contribution in [1.29, 1.82) is 0 Å². The molecule has 0 aliphatic carbocycles. The molecule has 0 bridgehead atoms. The molecule has 0 aliphatic heterocycles. The Morgan fingerprint density at radius 2 is 1.63 bits per heavy atom. The number of ether oxygens (including phenoxy) is 1. The van der Waals surface area contributed by atoms with Crippen LogP contribution in [0.25, 0.3) is 0 Å². The lowest BCUT2D eigenvalue weighted by atomic mass is 10.1. The Morgan fingerprint density at radius 3 is 2.30 bits per heavy atom. The molecule has 3 aromatic rings. The molecule has 1 heterocycles. The van der Waals surface area contributed by atoms with Gasteiger partial charge in [0.2, 0.25) is 5.91 Å². The number of hydrogen-bond acceptors (Lipinski definition) is 4. The fraction of sp³-hybridized carbons (Fsp3) is 0.143. The molecular weight excluding hydrogens is 344 g/mol. The number of nitrogens with two attached hydrogens (primary N) is 1. The predicted octanol–water partition coefficient (Wildman–Crippen LogP) is 2.69. The van der Waals surface area contributed by atoms with Crippen LogP contribution in [0.15, 0.2) is 77.2 Å². The summed E-state index contributed by atoms with van der Waals surface area (Å²) in [4.78, 5) is 24.1. The van der Waals surface area contributed by atoms with Gasteiger partial charge in [-0.3, -0.25) is 9.59 Å². The molecule has 6 nitrogen and oxygen atoms in total. The van der Waals surface area contributed by atoms with Crippen molar-refractivity contribution < 1.29 is 18.7 Å². The van der Waals surface area contributed by atoms with E-state index in [1.807, 2.05) is 60.7 Å². The molecule has 0 unspecified atom stereocenters. The van der Waals surface area contributed by atoms with Crippen LogP contribution in [0.1, 0.15) is 21.9 Å². The minimum atomic E-state index is -0.825. The van der Waals surface area contributed by atoms with E-state index >= 15 is 0 Å². The summed E-state index contributed by atoms with van der Waals surface area (Å²) in [6.45, 7) is 0.195. The first-order chi connectivity index (χ1) is 13.1. The molecule has 27 heavy (non-hydrogen) atoms. The van der Waals surface area contributed by atoms with Crippen LogP contribution in [0, 0.1) is 0 Å². The zero-order valence-electron chi connectivity index (χ0n) is 14.6. The van der Waals surface area contributed by atoms with Gasteiger partial charge in [-0.15, -0.1) is 0 Å². The zero-order valence-corrected chi connectivity index (χ0v) is 14.6. The summed E-state index contributed by atoms with van der Waals surface area (Å²) in [5, 5.41) is 2.62.